The van der Waals surface area contributed by atoms with Crippen molar-refractivity contribution in [1.29, 1.82) is 0 Å². The lowest BCUT2D eigenvalue weighted by atomic mass is 9.88. The van der Waals surface area contributed by atoms with Crippen LogP contribution in [-0.2, 0) is 4.79 Å². The van der Waals surface area contributed by atoms with Crippen molar-refractivity contribution in [3.05, 3.63) is 23.9 Å². The molecule has 3 unspecified atom stereocenters. The molecule has 0 bridgehead atoms. The summed E-state index contributed by atoms with van der Waals surface area (Å²) in [6.45, 7) is 2.64. The first kappa shape index (κ1) is 11.5. The maximum absolute atomic E-state index is 12.4. The third kappa shape index (κ3) is 1.73. The smallest absolute Gasteiger partial charge is 0.247 e. The van der Waals surface area contributed by atoms with E-state index >= 15 is 0 Å². The molecule has 1 amide bonds. The van der Waals surface area contributed by atoms with Gasteiger partial charge in [-0.05, 0) is 56.7 Å². The maximum atomic E-state index is 12.4. The third-order valence-corrected chi connectivity index (χ3v) is 5.10. The van der Waals surface area contributed by atoms with Crippen LogP contribution in [0.4, 0.5) is 0 Å². The first-order valence-electron chi connectivity index (χ1n) is 7.46. The zero-order valence-corrected chi connectivity index (χ0v) is 11.2. The largest absolute Gasteiger partial charge is 0.339 e. The van der Waals surface area contributed by atoms with Crippen LogP contribution in [0.1, 0.15) is 25.7 Å². The predicted molar refractivity (Wildman–Crippen MR) is 73.1 cm³/mol. The maximum Gasteiger partial charge on any atom is 0.247 e. The summed E-state index contributed by atoms with van der Waals surface area (Å²) in [6.07, 6.45) is 11.2. The summed E-state index contributed by atoms with van der Waals surface area (Å²) in [5.74, 6) is 1.74. The number of allylic oxidation sites excluding steroid dienone is 3. The molecule has 2 aliphatic carbocycles. The quantitative estimate of drug-likeness (QED) is 0.738. The predicted octanol–water partition coefficient (Wildman–Crippen LogP) is 0.978. The molecule has 3 fully saturated rings. The minimum Gasteiger partial charge on any atom is -0.339 e. The Morgan fingerprint density at radius 1 is 1.26 bits per heavy atom. The van der Waals surface area contributed by atoms with Crippen LogP contribution in [0.15, 0.2) is 23.9 Å². The second-order valence-electron chi connectivity index (χ2n) is 6.24. The van der Waals surface area contributed by atoms with Gasteiger partial charge in [0.1, 0.15) is 5.54 Å². The van der Waals surface area contributed by atoms with Gasteiger partial charge in [0.15, 0.2) is 0 Å². The van der Waals surface area contributed by atoms with Gasteiger partial charge < -0.3 is 15.5 Å². The van der Waals surface area contributed by atoms with Crippen molar-refractivity contribution in [2.24, 2.45) is 11.8 Å². The standard InChI is InChI=1S/C15H21N3O/c19-14-15(4-1-6-16-7-5-15)18(10-17-14)13-3-2-11-8-12(11)9-13/h2-3,9,11-12,16H,1,4-8,10H2,(H,17,19). The van der Waals surface area contributed by atoms with E-state index in [2.05, 4.69) is 33.8 Å². The normalized spacial score (nSPS) is 40.7. The zero-order chi connectivity index (χ0) is 12.9. The van der Waals surface area contributed by atoms with E-state index in [1.807, 2.05) is 0 Å². The topological polar surface area (TPSA) is 44.4 Å². The SMILES string of the molecule is O=C1NCN(C2=CC3CC3C=C2)C12CCCNCC2. The van der Waals surface area contributed by atoms with E-state index in [0.717, 1.165) is 44.2 Å². The van der Waals surface area contributed by atoms with E-state index in [-0.39, 0.29) is 11.4 Å². The van der Waals surface area contributed by atoms with Crippen molar-refractivity contribution in [3.8, 4) is 0 Å². The van der Waals surface area contributed by atoms with Gasteiger partial charge in [-0.1, -0.05) is 12.2 Å². The van der Waals surface area contributed by atoms with Gasteiger partial charge in [-0.25, -0.2) is 0 Å². The van der Waals surface area contributed by atoms with Crippen molar-refractivity contribution < 1.29 is 4.79 Å². The molecule has 4 aliphatic rings. The Labute approximate surface area is 113 Å². The molecule has 2 N–H and O–H groups in total. The molecule has 4 nitrogen and oxygen atoms in total. The van der Waals surface area contributed by atoms with Crippen molar-refractivity contribution in [1.82, 2.24) is 15.5 Å². The number of amides is 1. The molecule has 19 heavy (non-hydrogen) atoms. The Balaban J connectivity index is 1.66. The average molecular weight is 259 g/mol. The first-order valence-corrected chi connectivity index (χ1v) is 7.46. The molecule has 102 valence electrons. The highest BCUT2D eigenvalue weighted by Gasteiger charge is 2.49. The number of hydrogen-bond donors (Lipinski definition) is 2. The lowest BCUT2D eigenvalue weighted by Gasteiger charge is -2.37. The summed E-state index contributed by atoms with van der Waals surface area (Å²) in [6, 6.07) is 0. The number of nitrogens with one attached hydrogen (secondary N) is 2. The fourth-order valence-corrected chi connectivity index (χ4v) is 3.80. The summed E-state index contributed by atoms with van der Waals surface area (Å²) in [7, 11) is 0. The molecule has 0 aromatic rings. The molecule has 0 aromatic heterocycles. The van der Waals surface area contributed by atoms with E-state index < -0.39 is 0 Å². The Kier molecular flexibility index (Phi) is 2.49. The van der Waals surface area contributed by atoms with Gasteiger partial charge in [-0.2, -0.15) is 0 Å². The van der Waals surface area contributed by atoms with Crippen LogP contribution in [0.5, 0.6) is 0 Å². The molecule has 3 atom stereocenters. The molecule has 2 aliphatic heterocycles. The van der Waals surface area contributed by atoms with Gasteiger partial charge in [-0.3, -0.25) is 4.79 Å². The lowest BCUT2D eigenvalue weighted by Crippen LogP contribution is -2.49. The summed E-state index contributed by atoms with van der Waals surface area (Å²) < 4.78 is 0. The minimum absolute atomic E-state index is 0.225. The van der Waals surface area contributed by atoms with Gasteiger partial charge >= 0.3 is 0 Å². The molecule has 4 heteroatoms. The summed E-state index contributed by atoms with van der Waals surface area (Å²) >= 11 is 0. The van der Waals surface area contributed by atoms with Crippen LogP contribution >= 0.6 is 0 Å². The van der Waals surface area contributed by atoms with Crippen LogP contribution in [0.25, 0.3) is 0 Å². The van der Waals surface area contributed by atoms with Crippen molar-refractivity contribution in [3.63, 3.8) is 0 Å². The summed E-state index contributed by atoms with van der Waals surface area (Å²) in [5, 5.41) is 6.48. The monoisotopic (exact) mass is 259 g/mol. The Morgan fingerprint density at radius 2 is 2.21 bits per heavy atom. The minimum atomic E-state index is -0.304. The molecule has 1 spiro atoms. The van der Waals surface area contributed by atoms with Gasteiger partial charge in [0.05, 0.1) is 6.67 Å². The van der Waals surface area contributed by atoms with Crippen LogP contribution in [0, 0.1) is 11.8 Å². The molecule has 2 heterocycles. The van der Waals surface area contributed by atoms with Crippen LogP contribution in [0.3, 0.4) is 0 Å². The summed E-state index contributed by atoms with van der Waals surface area (Å²) in [5.41, 5.74) is 0.959. The molecule has 0 radical (unpaired) electrons. The number of hydrogen-bond acceptors (Lipinski definition) is 3. The number of rotatable bonds is 1. The van der Waals surface area contributed by atoms with Gasteiger partial charge in [0.25, 0.3) is 0 Å². The Hall–Kier alpha value is -1.29. The van der Waals surface area contributed by atoms with Gasteiger partial charge in [-0.15, -0.1) is 0 Å². The summed E-state index contributed by atoms with van der Waals surface area (Å²) in [4.78, 5) is 14.7. The van der Waals surface area contributed by atoms with Crippen LogP contribution in [0.2, 0.25) is 0 Å². The van der Waals surface area contributed by atoms with Crippen LogP contribution < -0.4 is 10.6 Å². The highest BCUT2D eigenvalue weighted by molar-refractivity contribution is 5.88. The second kappa shape index (κ2) is 4.10. The van der Waals surface area contributed by atoms with Crippen molar-refractivity contribution in [2.45, 2.75) is 31.2 Å². The molecule has 2 saturated heterocycles. The third-order valence-electron chi connectivity index (χ3n) is 5.10. The highest BCUT2D eigenvalue weighted by Crippen LogP contribution is 2.46. The van der Waals surface area contributed by atoms with Crippen LogP contribution in [-0.4, -0.2) is 36.1 Å². The number of carbonyl (C=O) groups excluding carboxylic acids is 1. The molecular weight excluding hydrogens is 238 g/mol. The average Bonchev–Trinajstić information content (AvgIpc) is 3.15. The van der Waals surface area contributed by atoms with E-state index in [9.17, 15) is 4.79 Å². The first-order chi connectivity index (χ1) is 9.29. The van der Waals surface area contributed by atoms with E-state index in [4.69, 9.17) is 0 Å². The zero-order valence-electron chi connectivity index (χ0n) is 11.2. The Bertz CT molecular complexity index is 460. The lowest BCUT2D eigenvalue weighted by molar-refractivity contribution is -0.126. The molecule has 0 aromatic carbocycles. The molecular formula is C15H21N3O. The van der Waals surface area contributed by atoms with E-state index in [0.29, 0.717) is 6.67 Å². The fraction of sp³-hybridized carbons (Fsp3) is 0.667. The number of nitrogens with zero attached hydrogens (tertiary/aromatic N) is 1. The highest BCUT2D eigenvalue weighted by atomic mass is 16.2. The number of carbonyl (C=O) groups is 1. The fourth-order valence-electron chi connectivity index (χ4n) is 3.80. The Morgan fingerprint density at radius 3 is 3.11 bits per heavy atom. The van der Waals surface area contributed by atoms with Gasteiger partial charge in [0, 0.05) is 5.70 Å². The van der Waals surface area contributed by atoms with E-state index in [1.165, 1.54) is 12.1 Å². The van der Waals surface area contributed by atoms with E-state index in [1.54, 1.807) is 0 Å². The van der Waals surface area contributed by atoms with Gasteiger partial charge in [0.2, 0.25) is 5.91 Å². The van der Waals surface area contributed by atoms with Crippen molar-refractivity contribution >= 4 is 5.91 Å². The van der Waals surface area contributed by atoms with Crippen molar-refractivity contribution in [2.75, 3.05) is 19.8 Å². The molecule has 4 rings (SSSR count). The number of fused-ring (bicyclic) bond motifs is 1. The second-order valence-corrected chi connectivity index (χ2v) is 6.24. The molecule has 1 saturated carbocycles.